The Labute approximate surface area is 165 Å². The van der Waals surface area contributed by atoms with Gasteiger partial charge in [-0.25, -0.2) is 22.0 Å². The first-order chi connectivity index (χ1) is 13.6. The van der Waals surface area contributed by atoms with Crippen molar-refractivity contribution < 1.29 is 36.6 Å². The van der Waals surface area contributed by atoms with E-state index in [1.807, 2.05) is 0 Å². The molecule has 5 nitrogen and oxygen atoms in total. The molecule has 0 atom stereocenters. The predicted octanol–water partition coefficient (Wildman–Crippen LogP) is 4.56. The fraction of sp³-hybridized carbons (Fsp3) is 0.111. The molecule has 2 aromatic carbocycles. The number of phenols is 1. The summed E-state index contributed by atoms with van der Waals surface area (Å²) in [6.07, 6.45) is 1.21. The molecule has 0 spiro atoms. The number of phenolic OH excluding ortho intramolecular Hbond substituents is 1. The van der Waals surface area contributed by atoms with Gasteiger partial charge < -0.3 is 9.84 Å². The van der Waals surface area contributed by atoms with Crippen LogP contribution in [0.5, 0.6) is 11.5 Å². The first kappa shape index (κ1) is 20.6. The third-order valence-corrected chi connectivity index (χ3v) is 4.33. The van der Waals surface area contributed by atoms with E-state index in [9.17, 15) is 31.9 Å². The fourth-order valence-corrected chi connectivity index (χ4v) is 2.83. The molecule has 0 fully saturated rings. The molecule has 1 aliphatic rings. The van der Waals surface area contributed by atoms with E-state index >= 15 is 0 Å². The van der Waals surface area contributed by atoms with Gasteiger partial charge in [-0.2, -0.15) is 10.1 Å². The van der Waals surface area contributed by atoms with Crippen molar-refractivity contribution in [1.82, 2.24) is 0 Å². The largest absolute Gasteiger partial charge is 0.503 e. The molecular formula is C18H10ClF5N2O3. The zero-order valence-corrected chi connectivity index (χ0v) is 15.4. The number of amides is 1. The molecule has 0 saturated heterocycles. The summed E-state index contributed by atoms with van der Waals surface area (Å²) in [5.74, 6) is -12.6. The Morgan fingerprint density at radius 3 is 2.17 bits per heavy atom. The highest BCUT2D eigenvalue weighted by Gasteiger charge is 2.37. The lowest BCUT2D eigenvalue weighted by Crippen LogP contribution is -2.25. The van der Waals surface area contributed by atoms with E-state index in [0.717, 1.165) is 0 Å². The molecule has 1 aliphatic heterocycles. The van der Waals surface area contributed by atoms with E-state index in [4.69, 9.17) is 16.3 Å². The van der Waals surface area contributed by atoms with Gasteiger partial charge in [0, 0.05) is 0 Å². The number of nitrogens with zero attached hydrogens (tertiary/aromatic N) is 2. The molecule has 11 heteroatoms. The van der Waals surface area contributed by atoms with E-state index in [-0.39, 0.29) is 38.4 Å². The number of hydrogen-bond donors (Lipinski definition) is 1. The van der Waals surface area contributed by atoms with Crippen molar-refractivity contribution in [3.8, 4) is 11.5 Å². The second-order valence-corrected chi connectivity index (χ2v) is 6.24. The Balaban J connectivity index is 2.10. The highest BCUT2D eigenvalue weighted by atomic mass is 35.5. The minimum atomic E-state index is -2.35. The van der Waals surface area contributed by atoms with Gasteiger partial charge in [-0.15, -0.1) is 0 Å². The van der Waals surface area contributed by atoms with Crippen molar-refractivity contribution in [3.63, 3.8) is 0 Å². The van der Waals surface area contributed by atoms with Crippen LogP contribution >= 0.6 is 11.6 Å². The Bertz CT molecular complexity index is 1090. The topological polar surface area (TPSA) is 62.1 Å². The highest BCUT2D eigenvalue weighted by Crippen LogP contribution is 2.37. The molecule has 1 amide bonds. The van der Waals surface area contributed by atoms with Gasteiger partial charge in [0.05, 0.1) is 23.4 Å². The van der Waals surface area contributed by atoms with Crippen LogP contribution in [0.2, 0.25) is 5.02 Å². The Morgan fingerprint density at radius 1 is 1.07 bits per heavy atom. The summed E-state index contributed by atoms with van der Waals surface area (Å²) in [6.45, 7) is 1.30. The van der Waals surface area contributed by atoms with Crippen LogP contribution in [0.4, 0.5) is 27.6 Å². The van der Waals surface area contributed by atoms with Crippen LogP contribution in [0.3, 0.4) is 0 Å². The molecule has 0 unspecified atom stereocenters. The van der Waals surface area contributed by atoms with Crippen LogP contribution in [-0.4, -0.2) is 23.8 Å². The maximum Gasteiger partial charge on any atom is 0.280 e. The van der Waals surface area contributed by atoms with Gasteiger partial charge in [-0.05, 0) is 30.7 Å². The van der Waals surface area contributed by atoms with E-state index in [1.165, 1.54) is 32.2 Å². The number of aromatic hydroxyl groups is 1. The minimum Gasteiger partial charge on any atom is -0.503 e. The standard InChI is InChI=1S/C18H10ClF5N2O3/c1-6-8(3-7-4-9(19)17(27)10(5-7)29-2)18(28)26(25-6)16-14(23)12(21)11(20)13(22)15(16)24/h3-5,27H,1-2H3/b8-3+. The molecule has 0 bridgehead atoms. The Hall–Kier alpha value is -3.14. The van der Waals surface area contributed by atoms with E-state index in [1.54, 1.807) is 0 Å². The van der Waals surface area contributed by atoms with Gasteiger partial charge in [0.1, 0.15) is 5.69 Å². The van der Waals surface area contributed by atoms with Crippen molar-refractivity contribution in [2.45, 2.75) is 6.92 Å². The lowest BCUT2D eigenvalue weighted by atomic mass is 10.1. The molecule has 0 aliphatic carbocycles. The van der Waals surface area contributed by atoms with Gasteiger partial charge in [0.25, 0.3) is 5.91 Å². The normalized spacial score (nSPS) is 15.3. The number of carbonyl (C=O) groups excluding carboxylic acids is 1. The molecule has 29 heavy (non-hydrogen) atoms. The average Bonchev–Trinajstić information content (AvgIpc) is 2.95. The predicted molar refractivity (Wildman–Crippen MR) is 94.5 cm³/mol. The molecule has 1 heterocycles. The first-order valence-electron chi connectivity index (χ1n) is 7.78. The smallest absolute Gasteiger partial charge is 0.280 e. The molecule has 0 aromatic heterocycles. The van der Waals surface area contributed by atoms with Crippen molar-refractivity contribution >= 4 is 35.0 Å². The van der Waals surface area contributed by atoms with Gasteiger partial charge in [-0.3, -0.25) is 4.79 Å². The maximum absolute atomic E-state index is 14.0. The van der Waals surface area contributed by atoms with Gasteiger partial charge >= 0.3 is 0 Å². The van der Waals surface area contributed by atoms with E-state index in [0.29, 0.717) is 0 Å². The molecule has 0 saturated carbocycles. The maximum atomic E-state index is 14.0. The lowest BCUT2D eigenvalue weighted by Gasteiger charge is -2.15. The Kier molecular flexibility index (Phi) is 5.22. The second kappa shape index (κ2) is 7.36. The second-order valence-electron chi connectivity index (χ2n) is 5.83. The summed E-state index contributed by atoms with van der Waals surface area (Å²) in [4.78, 5) is 12.6. The zero-order chi connectivity index (χ0) is 21.6. The number of halogens is 6. The number of hydrogen-bond acceptors (Lipinski definition) is 4. The summed E-state index contributed by atoms with van der Waals surface area (Å²) >= 11 is 5.87. The van der Waals surface area contributed by atoms with Gasteiger partial charge in [0.15, 0.2) is 34.8 Å². The van der Waals surface area contributed by atoms with Gasteiger partial charge in [0.2, 0.25) is 5.82 Å². The molecule has 1 N–H and O–H groups in total. The molecule has 0 radical (unpaired) electrons. The molecule has 2 aromatic rings. The SMILES string of the molecule is COc1cc(/C=C2/C(=O)N(c3c(F)c(F)c(F)c(F)c3F)N=C2C)cc(Cl)c1O. The third kappa shape index (κ3) is 3.29. The highest BCUT2D eigenvalue weighted by molar-refractivity contribution is 6.33. The number of anilines is 1. The van der Waals surface area contributed by atoms with Crippen LogP contribution in [0.25, 0.3) is 6.08 Å². The fourth-order valence-electron chi connectivity index (χ4n) is 2.61. The number of rotatable bonds is 3. The van der Waals surface area contributed by atoms with Crippen LogP contribution in [0.15, 0.2) is 22.8 Å². The summed E-state index contributed by atoms with van der Waals surface area (Å²) in [5.41, 5.74) is -1.49. The van der Waals surface area contributed by atoms with E-state index in [2.05, 4.69) is 5.10 Å². The number of methoxy groups -OCH3 is 1. The van der Waals surface area contributed by atoms with Crippen LogP contribution in [0, 0.1) is 29.1 Å². The third-order valence-electron chi connectivity index (χ3n) is 4.04. The van der Waals surface area contributed by atoms with Crippen molar-refractivity contribution in [1.29, 1.82) is 0 Å². The summed E-state index contributed by atoms with van der Waals surface area (Å²) < 4.78 is 73.2. The minimum absolute atomic E-state index is 0.0130. The number of ether oxygens (including phenoxy) is 1. The number of benzene rings is 2. The van der Waals surface area contributed by atoms with Crippen molar-refractivity contribution in [3.05, 3.63) is 57.4 Å². The Morgan fingerprint density at radius 2 is 1.62 bits per heavy atom. The summed E-state index contributed by atoms with van der Waals surface area (Å²) in [6, 6.07) is 2.59. The number of carbonyl (C=O) groups is 1. The monoisotopic (exact) mass is 432 g/mol. The van der Waals surface area contributed by atoms with E-state index < -0.39 is 40.7 Å². The van der Waals surface area contributed by atoms with Gasteiger partial charge in [-0.1, -0.05) is 11.6 Å². The quantitative estimate of drug-likeness (QED) is 0.335. The average molecular weight is 433 g/mol. The lowest BCUT2D eigenvalue weighted by molar-refractivity contribution is -0.114. The van der Waals surface area contributed by atoms with Crippen molar-refractivity contribution in [2.24, 2.45) is 5.10 Å². The first-order valence-corrected chi connectivity index (χ1v) is 8.15. The number of hydrazone groups is 1. The molecular weight excluding hydrogens is 423 g/mol. The molecule has 3 rings (SSSR count). The summed E-state index contributed by atoms with van der Waals surface area (Å²) in [5, 5.41) is 13.4. The van der Waals surface area contributed by atoms with Crippen LogP contribution in [0.1, 0.15) is 12.5 Å². The summed E-state index contributed by atoms with van der Waals surface area (Å²) in [7, 11) is 1.26. The molecule has 152 valence electrons. The van der Waals surface area contributed by atoms with Crippen LogP contribution in [-0.2, 0) is 4.79 Å². The zero-order valence-electron chi connectivity index (χ0n) is 14.7. The van der Waals surface area contributed by atoms with Crippen LogP contribution < -0.4 is 9.75 Å². The van der Waals surface area contributed by atoms with Crippen molar-refractivity contribution in [2.75, 3.05) is 12.1 Å².